The van der Waals surface area contributed by atoms with Crippen molar-refractivity contribution >= 4 is 17.0 Å². The second-order valence-corrected chi connectivity index (χ2v) is 10.9. The van der Waals surface area contributed by atoms with Gasteiger partial charge in [-0.3, -0.25) is 0 Å². The van der Waals surface area contributed by atoms with E-state index in [0.717, 1.165) is 46.0 Å². The Bertz CT molecular complexity index is 1330. The Kier molecular flexibility index (Phi) is 8.30. The van der Waals surface area contributed by atoms with E-state index in [4.69, 9.17) is 4.74 Å². The number of hydrogen-bond donors (Lipinski definition) is 2. The van der Waals surface area contributed by atoms with Crippen LogP contribution in [-0.4, -0.2) is 53.1 Å². The van der Waals surface area contributed by atoms with E-state index < -0.39 is 12.2 Å². The number of hydrogen-bond acceptors (Lipinski definition) is 4. The first-order chi connectivity index (χ1) is 18.4. The van der Waals surface area contributed by atoms with Gasteiger partial charge in [0.2, 0.25) is 0 Å². The molecule has 10 heteroatoms. The third kappa shape index (κ3) is 6.36. The molecule has 4 heterocycles. The van der Waals surface area contributed by atoms with Gasteiger partial charge in [-0.1, -0.05) is 19.1 Å². The topological polar surface area (TPSA) is 60.5 Å². The first-order valence-corrected chi connectivity index (χ1v) is 14.2. The number of aromatic nitrogens is 3. The number of fused-ring (bicyclic) bond motifs is 1. The van der Waals surface area contributed by atoms with Gasteiger partial charge in [0.1, 0.15) is 25.4 Å². The summed E-state index contributed by atoms with van der Waals surface area (Å²) in [6.07, 6.45) is 5.37. The first-order valence-electron chi connectivity index (χ1n) is 13.3. The standard InChI is InChI=1S/C28H32F3N5OS/c1-2-26(28(29,30)31)32-16-24-14-21(19-38-24)25-17-34-36-18-22(15-33-27(25)36)20-6-8-23(9-7-20)37-13-12-35-10-4-3-5-11-35/h6-9,14-15,17-19,26,32H,2-5,10-13,16H2,1H3/p+2/t26-/m0/s1. The second kappa shape index (κ2) is 11.8. The molecule has 0 spiro atoms. The van der Waals surface area contributed by atoms with Gasteiger partial charge in [0, 0.05) is 29.9 Å². The molecule has 4 aromatic rings. The van der Waals surface area contributed by atoms with Gasteiger partial charge in [-0.2, -0.15) is 18.3 Å². The largest absolute Gasteiger partial charge is 0.488 e. The Morgan fingerprint density at radius 1 is 1.08 bits per heavy atom. The fraction of sp³-hybridized carbons (Fsp3) is 0.429. The molecule has 3 N–H and O–H groups in total. The van der Waals surface area contributed by atoms with Crippen molar-refractivity contribution < 1.29 is 28.1 Å². The molecule has 1 aliphatic rings. The zero-order valence-electron chi connectivity index (χ0n) is 21.5. The minimum Gasteiger partial charge on any atom is -0.488 e. The number of benzene rings is 1. The van der Waals surface area contributed by atoms with Crippen molar-refractivity contribution in [3.63, 3.8) is 0 Å². The normalized spacial score (nSPS) is 15.7. The van der Waals surface area contributed by atoms with Gasteiger partial charge in [-0.15, -0.1) is 11.3 Å². The van der Waals surface area contributed by atoms with Crippen LogP contribution in [-0.2, 0) is 6.54 Å². The van der Waals surface area contributed by atoms with Crippen molar-refractivity contribution in [3.05, 3.63) is 59.2 Å². The van der Waals surface area contributed by atoms with Crippen LogP contribution in [0.25, 0.3) is 27.9 Å². The van der Waals surface area contributed by atoms with E-state index in [1.54, 1.807) is 22.5 Å². The minimum absolute atomic E-state index is 0.0529. The lowest BCUT2D eigenvalue weighted by atomic mass is 10.1. The number of quaternary nitrogens is 2. The molecular formula is C28H34F3N5OS+2. The van der Waals surface area contributed by atoms with Gasteiger partial charge >= 0.3 is 6.18 Å². The molecule has 0 saturated carbocycles. The van der Waals surface area contributed by atoms with Crippen LogP contribution in [0, 0.1) is 0 Å². The van der Waals surface area contributed by atoms with Crippen LogP contribution in [0.2, 0.25) is 0 Å². The highest BCUT2D eigenvalue weighted by Gasteiger charge is 2.41. The van der Waals surface area contributed by atoms with Crippen LogP contribution >= 0.6 is 11.3 Å². The third-order valence-corrected chi connectivity index (χ3v) is 8.22. The molecule has 1 fully saturated rings. The Morgan fingerprint density at radius 2 is 1.87 bits per heavy atom. The SMILES string of the molecule is CC[C@H]([NH2+]Cc1cc(-c2cnn3cc(-c4ccc(OCC[NH+]5CCCCC5)cc4)cnc23)cs1)C(F)(F)F. The molecule has 5 rings (SSSR count). The van der Waals surface area contributed by atoms with Gasteiger partial charge in [0.15, 0.2) is 11.7 Å². The Balaban J connectivity index is 1.22. The minimum atomic E-state index is -4.19. The molecule has 6 nitrogen and oxygen atoms in total. The van der Waals surface area contributed by atoms with Crippen molar-refractivity contribution in [3.8, 4) is 28.0 Å². The molecule has 1 atom stereocenters. The van der Waals surface area contributed by atoms with Crippen molar-refractivity contribution in [1.29, 1.82) is 0 Å². The lowest BCUT2D eigenvalue weighted by molar-refractivity contribution is -0.904. The lowest BCUT2D eigenvalue weighted by Crippen LogP contribution is -3.13. The monoisotopic (exact) mass is 545 g/mol. The van der Waals surface area contributed by atoms with E-state index in [0.29, 0.717) is 12.2 Å². The van der Waals surface area contributed by atoms with E-state index >= 15 is 0 Å². The van der Waals surface area contributed by atoms with Gasteiger partial charge in [0.05, 0.1) is 24.2 Å². The Hall–Kier alpha value is -2.95. The molecule has 1 aromatic carbocycles. The van der Waals surface area contributed by atoms with Crippen LogP contribution in [0.4, 0.5) is 13.2 Å². The summed E-state index contributed by atoms with van der Waals surface area (Å²) in [4.78, 5) is 7.18. The maximum absolute atomic E-state index is 13.1. The van der Waals surface area contributed by atoms with E-state index in [9.17, 15) is 13.2 Å². The molecule has 0 radical (unpaired) electrons. The quantitative estimate of drug-likeness (QED) is 0.317. The summed E-state index contributed by atoms with van der Waals surface area (Å²) in [7, 11) is 0. The average molecular weight is 546 g/mol. The first kappa shape index (κ1) is 26.6. The average Bonchev–Trinajstić information content (AvgIpc) is 3.56. The molecular weight excluding hydrogens is 511 g/mol. The van der Waals surface area contributed by atoms with Crippen LogP contribution in [0.3, 0.4) is 0 Å². The van der Waals surface area contributed by atoms with E-state index in [1.807, 2.05) is 48.1 Å². The fourth-order valence-corrected chi connectivity index (χ4v) is 5.87. The summed E-state index contributed by atoms with van der Waals surface area (Å²) in [5.74, 6) is 0.867. The number of halogens is 3. The summed E-state index contributed by atoms with van der Waals surface area (Å²) in [6.45, 7) is 6.12. The summed E-state index contributed by atoms with van der Waals surface area (Å²) in [5.41, 5.74) is 4.45. The van der Waals surface area contributed by atoms with Crippen molar-refractivity contribution in [2.45, 2.75) is 51.4 Å². The van der Waals surface area contributed by atoms with Crippen LogP contribution in [0.5, 0.6) is 5.75 Å². The summed E-state index contributed by atoms with van der Waals surface area (Å²) in [5, 5.41) is 7.81. The highest BCUT2D eigenvalue weighted by Crippen LogP contribution is 2.30. The number of nitrogens with two attached hydrogens (primary N) is 1. The van der Waals surface area contributed by atoms with Crippen LogP contribution in [0.15, 0.2) is 54.3 Å². The van der Waals surface area contributed by atoms with E-state index in [2.05, 4.69) is 10.1 Å². The highest BCUT2D eigenvalue weighted by atomic mass is 32.1. The molecule has 0 aliphatic carbocycles. The highest BCUT2D eigenvalue weighted by molar-refractivity contribution is 7.10. The van der Waals surface area contributed by atoms with Gasteiger partial charge in [0.25, 0.3) is 0 Å². The van der Waals surface area contributed by atoms with E-state index in [1.165, 1.54) is 49.0 Å². The number of thiophene rings is 1. The fourth-order valence-electron chi connectivity index (χ4n) is 5.01. The number of nitrogens with zero attached hydrogens (tertiary/aromatic N) is 3. The molecule has 1 aliphatic heterocycles. The van der Waals surface area contributed by atoms with Crippen LogP contribution < -0.4 is 15.0 Å². The number of likely N-dealkylation sites (tertiary alicyclic amines) is 1. The lowest BCUT2D eigenvalue weighted by Gasteiger charge is -2.23. The molecule has 1 saturated heterocycles. The number of nitrogens with one attached hydrogen (secondary N) is 1. The van der Waals surface area contributed by atoms with Crippen LogP contribution in [0.1, 0.15) is 37.5 Å². The van der Waals surface area contributed by atoms with E-state index in [-0.39, 0.29) is 6.42 Å². The molecule has 0 bridgehead atoms. The van der Waals surface area contributed by atoms with Gasteiger partial charge in [-0.05, 0) is 54.0 Å². The zero-order valence-corrected chi connectivity index (χ0v) is 22.3. The smallest absolute Gasteiger partial charge is 0.441 e. The van der Waals surface area contributed by atoms with Crippen molar-refractivity contribution in [2.24, 2.45) is 0 Å². The maximum Gasteiger partial charge on any atom is 0.441 e. The van der Waals surface area contributed by atoms with Gasteiger partial charge in [-0.25, -0.2) is 9.50 Å². The second-order valence-electron chi connectivity index (χ2n) is 9.90. The van der Waals surface area contributed by atoms with Gasteiger partial charge < -0.3 is 15.0 Å². The number of piperidine rings is 1. The van der Waals surface area contributed by atoms with Crippen molar-refractivity contribution in [1.82, 2.24) is 14.6 Å². The zero-order chi connectivity index (χ0) is 26.5. The Labute approximate surface area is 224 Å². The Morgan fingerprint density at radius 3 is 2.61 bits per heavy atom. The molecule has 0 unspecified atom stereocenters. The summed E-state index contributed by atoms with van der Waals surface area (Å²) < 4.78 is 46.9. The summed E-state index contributed by atoms with van der Waals surface area (Å²) >= 11 is 1.46. The number of alkyl halides is 3. The molecule has 3 aromatic heterocycles. The van der Waals surface area contributed by atoms with Crippen molar-refractivity contribution in [2.75, 3.05) is 26.2 Å². The summed E-state index contributed by atoms with van der Waals surface area (Å²) in [6, 6.07) is 8.59. The number of rotatable bonds is 10. The molecule has 202 valence electrons. The predicted octanol–water partition coefficient (Wildman–Crippen LogP) is 3.98. The number of ether oxygens (including phenoxy) is 1. The third-order valence-electron chi connectivity index (χ3n) is 7.26. The maximum atomic E-state index is 13.1. The molecule has 0 amide bonds. The predicted molar refractivity (Wildman–Crippen MR) is 142 cm³/mol. The molecule has 38 heavy (non-hydrogen) atoms.